The summed E-state index contributed by atoms with van der Waals surface area (Å²) in [6, 6.07) is 8.96. The van der Waals surface area contributed by atoms with Gasteiger partial charge in [-0.3, -0.25) is 4.79 Å². The van der Waals surface area contributed by atoms with Gasteiger partial charge in [-0.1, -0.05) is 30.3 Å². The number of rotatable bonds is 5. The van der Waals surface area contributed by atoms with Crippen molar-refractivity contribution >= 4 is 5.97 Å². The van der Waals surface area contributed by atoms with Crippen LogP contribution in [-0.4, -0.2) is 23.1 Å². The van der Waals surface area contributed by atoms with Crippen LogP contribution in [-0.2, 0) is 16.0 Å². The Hall–Kier alpha value is -2.14. The molecule has 0 spiro atoms. The van der Waals surface area contributed by atoms with Crippen LogP contribution >= 0.6 is 0 Å². The van der Waals surface area contributed by atoms with E-state index < -0.39 is 6.04 Å². The Morgan fingerprint density at radius 1 is 1.32 bits per heavy atom. The zero-order chi connectivity index (χ0) is 15.4. The highest BCUT2D eigenvalue weighted by molar-refractivity contribution is 5.76. The van der Waals surface area contributed by atoms with Crippen molar-refractivity contribution < 1.29 is 13.9 Å². The molecule has 1 aromatic heterocycles. The number of carbonyl (C=O) groups excluding carboxylic acids is 1. The molecule has 1 atom stereocenters. The van der Waals surface area contributed by atoms with Gasteiger partial charge in [0.25, 0.3) is 0 Å². The molecule has 5 heteroatoms. The largest absolute Gasteiger partial charge is 0.461 e. The van der Waals surface area contributed by atoms with Crippen LogP contribution in [0.5, 0.6) is 0 Å². The summed E-state index contributed by atoms with van der Waals surface area (Å²) in [7, 11) is 0. The molecule has 2 aromatic rings. The van der Waals surface area contributed by atoms with Gasteiger partial charge in [-0.25, -0.2) is 4.98 Å². The summed E-state index contributed by atoms with van der Waals surface area (Å²) in [5.41, 5.74) is 6.85. The Kier molecular flexibility index (Phi) is 4.53. The molecule has 0 radical (unpaired) electrons. The SMILES string of the molecule is N[C@@H](Cc1ncc(-c2ccccc2)o1)C(=O)OC1CCCC1. The summed E-state index contributed by atoms with van der Waals surface area (Å²) in [5, 5.41) is 0. The van der Waals surface area contributed by atoms with E-state index in [1.165, 1.54) is 0 Å². The van der Waals surface area contributed by atoms with Gasteiger partial charge < -0.3 is 14.9 Å². The van der Waals surface area contributed by atoms with Crippen LogP contribution in [0.15, 0.2) is 40.9 Å². The fraction of sp³-hybridized carbons (Fsp3) is 0.412. The highest BCUT2D eigenvalue weighted by Crippen LogP contribution is 2.22. The molecule has 1 fully saturated rings. The van der Waals surface area contributed by atoms with E-state index >= 15 is 0 Å². The number of carbonyl (C=O) groups is 1. The van der Waals surface area contributed by atoms with E-state index in [9.17, 15) is 4.79 Å². The van der Waals surface area contributed by atoms with E-state index in [4.69, 9.17) is 14.9 Å². The molecule has 1 aromatic carbocycles. The number of benzene rings is 1. The van der Waals surface area contributed by atoms with Gasteiger partial charge in [-0.15, -0.1) is 0 Å². The number of hydrogen-bond acceptors (Lipinski definition) is 5. The molecule has 3 rings (SSSR count). The van der Waals surface area contributed by atoms with Crippen LogP contribution in [0.4, 0.5) is 0 Å². The zero-order valence-electron chi connectivity index (χ0n) is 12.4. The van der Waals surface area contributed by atoms with Crippen LogP contribution < -0.4 is 5.73 Å². The lowest BCUT2D eigenvalue weighted by Gasteiger charge is -2.14. The van der Waals surface area contributed by atoms with Crippen molar-refractivity contribution in [2.75, 3.05) is 0 Å². The fourth-order valence-electron chi connectivity index (χ4n) is 2.67. The number of aromatic nitrogens is 1. The molecule has 5 nitrogen and oxygen atoms in total. The van der Waals surface area contributed by atoms with Crippen LogP contribution in [0, 0.1) is 0 Å². The minimum atomic E-state index is -0.733. The van der Waals surface area contributed by atoms with E-state index in [1.54, 1.807) is 6.20 Å². The molecule has 1 aliphatic carbocycles. The first-order chi connectivity index (χ1) is 10.7. The second-order valence-electron chi connectivity index (χ2n) is 5.64. The van der Waals surface area contributed by atoms with E-state index in [-0.39, 0.29) is 18.5 Å². The Bertz CT molecular complexity index is 618. The van der Waals surface area contributed by atoms with Crippen molar-refractivity contribution in [1.29, 1.82) is 0 Å². The molecular weight excluding hydrogens is 280 g/mol. The van der Waals surface area contributed by atoms with Crippen molar-refractivity contribution in [2.24, 2.45) is 5.73 Å². The van der Waals surface area contributed by atoms with Gasteiger partial charge in [-0.05, 0) is 25.7 Å². The standard InChI is InChI=1S/C17H20N2O3/c18-14(17(20)21-13-8-4-5-9-13)10-16-19-11-15(22-16)12-6-2-1-3-7-12/h1-3,6-7,11,13-14H,4-5,8-10,18H2/t14-/m0/s1. The van der Waals surface area contributed by atoms with Crippen LogP contribution in [0.3, 0.4) is 0 Å². The first kappa shape index (κ1) is 14.8. The number of hydrogen-bond donors (Lipinski definition) is 1. The van der Waals surface area contributed by atoms with Crippen molar-refractivity contribution in [3.8, 4) is 11.3 Å². The van der Waals surface area contributed by atoms with Crippen molar-refractivity contribution in [3.05, 3.63) is 42.4 Å². The van der Waals surface area contributed by atoms with E-state index in [1.807, 2.05) is 30.3 Å². The van der Waals surface area contributed by atoms with Gasteiger partial charge >= 0.3 is 5.97 Å². The third-order valence-electron chi connectivity index (χ3n) is 3.89. The lowest BCUT2D eigenvalue weighted by Crippen LogP contribution is -2.36. The molecule has 22 heavy (non-hydrogen) atoms. The normalized spacial score (nSPS) is 16.6. The number of esters is 1. The molecule has 0 unspecified atom stereocenters. The maximum atomic E-state index is 12.0. The van der Waals surface area contributed by atoms with E-state index in [2.05, 4.69) is 4.98 Å². The smallest absolute Gasteiger partial charge is 0.323 e. The third kappa shape index (κ3) is 3.54. The summed E-state index contributed by atoms with van der Waals surface area (Å²) in [6.07, 6.45) is 6.05. The van der Waals surface area contributed by atoms with Gasteiger partial charge in [0.2, 0.25) is 0 Å². The lowest BCUT2D eigenvalue weighted by atomic mass is 10.2. The molecule has 116 valence electrons. The minimum Gasteiger partial charge on any atom is -0.461 e. The Morgan fingerprint density at radius 3 is 2.77 bits per heavy atom. The summed E-state index contributed by atoms with van der Waals surface area (Å²) >= 11 is 0. The quantitative estimate of drug-likeness (QED) is 0.859. The molecule has 0 aliphatic heterocycles. The monoisotopic (exact) mass is 300 g/mol. The van der Waals surface area contributed by atoms with Crippen LogP contribution in [0.1, 0.15) is 31.6 Å². The summed E-state index contributed by atoms with van der Waals surface area (Å²) in [6.45, 7) is 0. The van der Waals surface area contributed by atoms with Crippen molar-refractivity contribution in [1.82, 2.24) is 4.98 Å². The summed E-state index contributed by atoms with van der Waals surface area (Å²) in [4.78, 5) is 16.2. The lowest BCUT2D eigenvalue weighted by molar-refractivity contribution is -0.150. The molecule has 1 aliphatic rings. The number of ether oxygens (including phenoxy) is 1. The minimum absolute atomic E-state index is 0.0305. The van der Waals surface area contributed by atoms with E-state index in [0.29, 0.717) is 11.7 Å². The fourth-order valence-corrected chi connectivity index (χ4v) is 2.67. The molecule has 2 N–H and O–H groups in total. The number of oxazole rings is 1. The maximum absolute atomic E-state index is 12.0. The highest BCUT2D eigenvalue weighted by atomic mass is 16.5. The van der Waals surface area contributed by atoms with Gasteiger partial charge in [0, 0.05) is 5.56 Å². The predicted octanol–water partition coefficient (Wildman–Crippen LogP) is 2.70. The average molecular weight is 300 g/mol. The molecule has 1 saturated carbocycles. The Balaban J connectivity index is 1.58. The maximum Gasteiger partial charge on any atom is 0.323 e. The van der Waals surface area contributed by atoms with Crippen molar-refractivity contribution in [2.45, 2.75) is 44.2 Å². The molecule has 0 amide bonds. The third-order valence-corrected chi connectivity index (χ3v) is 3.89. The predicted molar refractivity (Wildman–Crippen MR) is 82.0 cm³/mol. The van der Waals surface area contributed by atoms with E-state index in [0.717, 1.165) is 31.2 Å². The molecule has 0 bridgehead atoms. The van der Waals surface area contributed by atoms with Crippen LogP contribution in [0.25, 0.3) is 11.3 Å². The number of nitrogens with zero attached hydrogens (tertiary/aromatic N) is 1. The number of nitrogens with two attached hydrogens (primary N) is 1. The molecule has 0 saturated heterocycles. The topological polar surface area (TPSA) is 78.4 Å². The van der Waals surface area contributed by atoms with Gasteiger partial charge in [0.1, 0.15) is 12.1 Å². The van der Waals surface area contributed by atoms with Gasteiger partial charge in [-0.2, -0.15) is 0 Å². The van der Waals surface area contributed by atoms with Gasteiger partial charge in [0.05, 0.1) is 12.6 Å². The Labute approximate surface area is 129 Å². The second kappa shape index (κ2) is 6.75. The summed E-state index contributed by atoms with van der Waals surface area (Å²) < 4.78 is 11.1. The Morgan fingerprint density at radius 2 is 2.05 bits per heavy atom. The first-order valence-electron chi connectivity index (χ1n) is 7.68. The average Bonchev–Trinajstić information content (AvgIpc) is 3.20. The van der Waals surface area contributed by atoms with Gasteiger partial charge in [0.15, 0.2) is 11.7 Å². The molecule has 1 heterocycles. The first-order valence-corrected chi connectivity index (χ1v) is 7.68. The van der Waals surface area contributed by atoms with Crippen LogP contribution in [0.2, 0.25) is 0 Å². The molecular formula is C17H20N2O3. The summed E-state index contributed by atoms with van der Waals surface area (Å²) in [5.74, 6) is 0.757. The second-order valence-corrected chi connectivity index (χ2v) is 5.64. The van der Waals surface area contributed by atoms with Crippen molar-refractivity contribution in [3.63, 3.8) is 0 Å². The zero-order valence-corrected chi connectivity index (χ0v) is 12.4. The highest BCUT2D eigenvalue weighted by Gasteiger charge is 2.24.